The monoisotopic (exact) mass is 111 g/mol. The maximum absolute atomic E-state index is 4.96. The van der Waals surface area contributed by atoms with E-state index in [2.05, 4.69) is 11.9 Å². The van der Waals surface area contributed by atoms with Gasteiger partial charge in [0.25, 0.3) is 0 Å². The van der Waals surface area contributed by atoms with Crippen molar-refractivity contribution >= 4 is 0 Å². The summed E-state index contributed by atoms with van der Waals surface area (Å²) in [5.74, 6) is 0.840. The van der Waals surface area contributed by atoms with E-state index in [0.29, 0.717) is 0 Å². The number of aryl methyl sites for hydroxylation is 1. The molecule has 0 spiro atoms. The highest BCUT2D eigenvalue weighted by atomic mass is 16.3. The summed E-state index contributed by atoms with van der Waals surface area (Å²) in [4.78, 5) is 3.94. The Balaban J connectivity index is 2.50. The molecule has 0 saturated carbocycles. The summed E-state index contributed by atoms with van der Waals surface area (Å²) >= 11 is 0. The molecule has 1 rings (SSSR count). The molecule has 0 fully saturated rings. The first-order chi connectivity index (χ1) is 3.93. The average molecular weight is 111 g/mol. The highest BCUT2D eigenvalue weighted by molar-refractivity contribution is 4.78. The molecule has 0 saturated heterocycles. The van der Waals surface area contributed by atoms with E-state index in [1.807, 2.05) is 0 Å². The largest absolute Gasteiger partial charge is 0.449 e. The molecule has 0 atom stereocenters. The molecule has 2 heteroatoms. The predicted octanol–water partition coefficient (Wildman–Crippen LogP) is 1.63. The van der Waals surface area contributed by atoms with Crippen LogP contribution in [0.3, 0.4) is 0 Å². The molecule has 8 heavy (non-hydrogen) atoms. The van der Waals surface area contributed by atoms with Gasteiger partial charge in [-0.15, -0.1) is 0 Å². The molecule has 0 aromatic carbocycles. The van der Waals surface area contributed by atoms with Crippen LogP contribution in [0.2, 0.25) is 0 Å². The van der Waals surface area contributed by atoms with Gasteiger partial charge in [-0.1, -0.05) is 6.92 Å². The van der Waals surface area contributed by atoms with Crippen LogP contribution >= 0.6 is 0 Å². The number of rotatable bonds is 2. The summed E-state index contributed by atoms with van der Waals surface area (Å²) in [5, 5.41) is 0. The van der Waals surface area contributed by atoms with E-state index in [9.17, 15) is 0 Å². The highest BCUT2D eigenvalue weighted by Crippen LogP contribution is 1.96. The third kappa shape index (κ3) is 1.09. The van der Waals surface area contributed by atoms with Crippen molar-refractivity contribution in [2.75, 3.05) is 0 Å². The normalized spacial score (nSPS) is 9.62. The van der Waals surface area contributed by atoms with Crippen molar-refractivity contribution in [1.82, 2.24) is 4.98 Å². The summed E-state index contributed by atoms with van der Waals surface area (Å²) in [6.07, 6.45) is 5.32. The van der Waals surface area contributed by atoms with E-state index in [1.165, 1.54) is 0 Å². The molecule has 0 aliphatic carbocycles. The lowest BCUT2D eigenvalue weighted by atomic mass is 10.3. The smallest absolute Gasteiger partial charge is 0.193 e. The zero-order chi connectivity index (χ0) is 5.82. The van der Waals surface area contributed by atoms with E-state index in [4.69, 9.17) is 4.42 Å². The lowest BCUT2D eigenvalue weighted by molar-refractivity contribution is 0.491. The van der Waals surface area contributed by atoms with Crippen LogP contribution in [0.15, 0.2) is 16.9 Å². The van der Waals surface area contributed by atoms with E-state index in [1.54, 1.807) is 12.5 Å². The molecule has 0 aliphatic heterocycles. The van der Waals surface area contributed by atoms with Gasteiger partial charge < -0.3 is 4.42 Å². The molecule has 0 bridgehead atoms. The SMILES string of the molecule is CCCc1ncco1. The minimum absolute atomic E-state index is 0.840. The third-order valence-corrected chi connectivity index (χ3v) is 0.947. The van der Waals surface area contributed by atoms with Gasteiger partial charge in [0.1, 0.15) is 6.26 Å². The maximum Gasteiger partial charge on any atom is 0.193 e. The van der Waals surface area contributed by atoms with Gasteiger partial charge in [-0.05, 0) is 6.42 Å². The molecule has 0 N–H and O–H groups in total. The first kappa shape index (κ1) is 5.35. The van der Waals surface area contributed by atoms with Crippen LogP contribution < -0.4 is 0 Å². The van der Waals surface area contributed by atoms with Gasteiger partial charge >= 0.3 is 0 Å². The molecule has 0 amide bonds. The van der Waals surface area contributed by atoms with Crippen molar-refractivity contribution in [3.05, 3.63) is 18.4 Å². The van der Waals surface area contributed by atoms with E-state index in [0.717, 1.165) is 18.7 Å². The second-order valence-corrected chi connectivity index (χ2v) is 1.68. The van der Waals surface area contributed by atoms with Gasteiger partial charge in [0, 0.05) is 6.42 Å². The Morgan fingerprint density at radius 2 is 2.62 bits per heavy atom. The average Bonchev–Trinajstić information content (AvgIpc) is 2.19. The fraction of sp³-hybridized carbons (Fsp3) is 0.500. The van der Waals surface area contributed by atoms with E-state index in [-0.39, 0.29) is 0 Å². The molecule has 1 heterocycles. The Kier molecular flexibility index (Phi) is 1.67. The van der Waals surface area contributed by atoms with Crippen molar-refractivity contribution in [3.8, 4) is 0 Å². The van der Waals surface area contributed by atoms with Gasteiger partial charge in [-0.25, -0.2) is 4.98 Å². The summed E-state index contributed by atoms with van der Waals surface area (Å²) in [6.45, 7) is 2.10. The Bertz CT molecular complexity index is 134. The number of oxazole rings is 1. The Morgan fingerprint density at radius 1 is 1.75 bits per heavy atom. The number of hydrogen-bond acceptors (Lipinski definition) is 2. The second-order valence-electron chi connectivity index (χ2n) is 1.68. The molecule has 1 aromatic heterocycles. The molecule has 0 aliphatic rings. The Morgan fingerprint density at radius 3 is 3.12 bits per heavy atom. The van der Waals surface area contributed by atoms with Gasteiger partial charge in [-0.2, -0.15) is 0 Å². The van der Waals surface area contributed by atoms with Crippen LogP contribution in [-0.2, 0) is 6.42 Å². The lowest BCUT2D eigenvalue weighted by Crippen LogP contribution is -1.78. The van der Waals surface area contributed by atoms with Gasteiger partial charge in [0.15, 0.2) is 5.89 Å². The first-order valence-electron chi connectivity index (χ1n) is 2.82. The molecular weight excluding hydrogens is 102 g/mol. The standard InChI is InChI=1S/C6H9NO/c1-2-3-6-7-4-5-8-6/h4-5H,2-3H2,1H3. The molecule has 2 nitrogen and oxygen atoms in total. The van der Waals surface area contributed by atoms with Crippen molar-refractivity contribution in [1.29, 1.82) is 0 Å². The van der Waals surface area contributed by atoms with Gasteiger partial charge in [0.05, 0.1) is 6.20 Å². The fourth-order valence-electron chi connectivity index (χ4n) is 0.590. The number of aromatic nitrogens is 1. The van der Waals surface area contributed by atoms with Crippen molar-refractivity contribution in [2.45, 2.75) is 19.8 Å². The van der Waals surface area contributed by atoms with Crippen molar-refractivity contribution in [3.63, 3.8) is 0 Å². The number of hydrogen-bond donors (Lipinski definition) is 0. The Labute approximate surface area is 48.5 Å². The van der Waals surface area contributed by atoms with E-state index >= 15 is 0 Å². The van der Waals surface area contributed by atoms with E-state index < -0.39 is 0 Å². The summed E-state index contributed by atoms with van der Waals surface area (Å²) in [6, 6.07) is 0. The molecule has 1 aromatic rings. The van der Waals surface area contributed by atoms with Crippen LogP contribution in [0.25, 0.3) is 0 Å². The quantitative estimate of drug-likeness (QED) is 0.579. The maximum atomic E-state index is 4.96. The zero-order valence-corrected chi connectivity index (χ0v) is 4.92. The molecule has 44 valence electrons. The lowest BCUT2D eigenvalue weighted by Gasteiger charge is -1.84. The zero-order valence-electron chi connectivity index (χ0n) is 4.92. The highest BCUT2D eigenvalue weighted by Gasteiger charge is 1.90. The number of nitrogens with zero attached hydrogens (tertiary/aromatic N) is 1. The van der Waals surface area contributed by atoms with Crippen LogP contribution in [0.4, 0.5) is 0 Å². The van der Waals surface area contributed by atoms with Gasteiger partial charge in [0.2, 0.25) is 0 Å². The predicted molar refractivity (Wildman–Crippen MR) is 30.5 cm³/mol. The minimum Gasteiger partial charge on any atom is -0.449 e. The summed E-state index contributed by atoms with van der Waals surface area (Å²) < 4.78 is 4.96. The van der Waals surface area contributed by atoms with Crippen molar-refractivity contribution in [2.24, 2.45) is 0 Å². The fourth-order valence-corrected chi connectivity index (χ4v) is 0.590. The first-order valence-corrected chi connectivity index (χ1v) is 2.82. The van der Waals surface area contributed by atoms with Crippen molar-refractivity contribution < 1.29 is 4.42 Å². The van der Waals surface area contributed by atoms with Crippen LogP contribution in [0, 0.1) is 0 Å². The molecule has 0 unspecified atom stereocenters. The van der Waals surface area contributed by atoms with Gasteiger partial charge in [-0.3, -0.25) is 0 Å². The summed E-state index contributed by atoms with van der Waals surface area (Å²) in [5.41, 5.74) is 0. The molecule has 0 radical (unpaired) electrons. The van der Waals surface area contributed by atoms with Crippen LogP contribution in [0.5, 0.6) is 0 Å². The third-order valence-electron chi connectivity index (χ3n) is 0.947. The molecular formula is C6H9NO. The van der Waals surface area contributed by atoms with Crippen LogP contribution in [-0.4, -0.2) is 4.98 Å². The minimum atomic E-state index is 0.840. The second kappa shape index (κ2) is 2.50. The van der Waals surface area contributed by atoms with Crippen LogP contribution in [0.1, 0.15) is 19.2 Å². The Hall–Kier alpha value is -0.790. The topological polar surface area (TPSA) is 26.0 Å². The summed E-state index contributed by atoms with van der Waals surface area (Å²) in [7, 11) is 0.